The highest BCUT2D eigenvalue weighted by molar-refractivity contribution is 7.94. The molecule has 0 bridgehead atoms. The lowest BCUT2D eigenvalue weighted by Crippen LogP contribution is -2.12. The van der Waals surface area contributed by atoms with Crippen LogP contribution in [0.2, 0.25) is 4.34 Å². The van der Waals surface area contributed by atoms with Crippen molar-refractivity contribution in [2.75, 3.05) is 4.72 Å². The zero-order valence-electron chi connectivity index (χ0n) is 10.4. The predicted molar refractivity (Wildman–Crippen MR) is 80.1 cm³/mol. The quantitative estimate of drug-likeness (QED) is 0.803. The van der Waals surface area contributed by atoms with Crippen molar-refractivity contribution in [3.05, 3.63) is 46.7 Å². The van der Waals surface area contributed by atoms with Gasteiger partial charge in [-0.1, -0.05) is 11.6 Å². The largest absolute Gasteiger partial charge is 0.305 e. The van der Waals surface area contributed by atoms with E-state index < -0.39 is 10.0 Å². The first kappa shape index (κ1) is 13.4. The van der Waals surface area contributed by atoms with E-state index in [4.69, 9.17) is 11.6 Å². The minimum absolute atomic E-state index is 0.174. The molecular weight excluding hydrogens is 318 g/mol. The van der Waals surface area contributed by atoms with Crippen molar-refractivity contribution < 1.29 is 8.42 Å². The van der Waals surface area contributed by atoms with Gasteiger partial charge in [0.05, 0.1) is 15.7 Å². The van der Waals surface area contributed by atoms with Crippen LogP contribution in [0.3, 0.4) is 0 Å². The van der Waals surface area contributed by atoms with Gasteiger partial charge in [0.2, 0.25) is 0 Å². The third-order valence-electron chi connectivity index (χ3n) is 2.66. The maximum Gasteiger partial charge on any atom is 0.271 e. The van der Waals surface area contributed by atoms with Crippen LogP contribution in [0.4, 0.5) is 5.69 Å². The number of nitrogens with one attached hydrogen (secondary N) is 1. The molecular formula is C12H10ClN3O2S2. The molecule has 0 unspecified atom stereocenters. The van der Waals surface area contributed by atoms with Crippen LogP contribution in [-0.4, -0.2) is 17.8 Å². The van der Waals surface area contributed by atoms with Crippen molar-refractivity contribution in [1.82, 2.24) is 9.38 Å². The number of nitrogens with zero attached hydrogens (tertiary/aromatic N) is 2. The first-order chi connectivity index (χ1) is 9.45. The van der Waals surface area contributed by atoms with Gasteiger partial charge in [0.25, 0.3) is 10.0 Å². The van der Waals surface area contributed by atoms with E-state index in [1.807, 2.05) is 19.3 Å². The van der Waals surface area contributed by atoms with Gasteiger partial charge in [-0.25, -0.2) is 13.4 Å². The van der Waals surface area contributed by atoms with Crippen LogP contribution >= 0.6 is 22.9 Å². The van der Waals surface area contributed by atoms with E-state index in [0.29, 0.717) is 15.7 Å². The Morgan fingerprint density at radius 3 is 2.85 bits per heavy atom. The minimum Gasteiger partial charge on any atom is -0.305 e. The molecule has 0 spiro atoms. The summed E-state index contributed by atoms with van der Waals surface area (Å²) in [4.78, 5) is 4.31. The Labute approximate surface area is 124 Å². The van der Waals surface area contributed by atoms with E-state index in [0.717, 1.165) is 17.0 Å². The SMILES string of the molecule is Cc1cn2cccc(NS(=O)(=O)c3ccc(Cl)s3)c2n1. The highest BCUT2D eigenvalue weighted by Gasteiger charge is 2.18. The van der Waals surface area contributed by atoms with Crippen LogP contribution in [0.1, 0.15) is 5.69 Å². The normalized spacial score (nSPS) is 11.9. The molecule has 20 heavy (non-hydrogen) atoms. The summed E-state index contributed by atoms with van der Waals surface area (Å²) < 4.78 is 29.5. The summed E-state index contributed by atoms with van der Waals surface area (Å²) in [6, 6.07) is 6.47. The number of imidazole rings is 1. The molecule has 0 saturated carbocycles. The molecule has 3 aromatic rings. The van der Waals surface area contributed by atoms with Gasteiger partial charge in [-0.3, -0.25) is 4.72 Å². The summed E-state index contributed by atoms with van der Waals surface area (Å²) in [5.41, 5.74) is 1.82. The van der Waals surface area contributed by atoms with E-state index in [9.17, 15) is 8.42 Å². The van der Waals surface area contributed by atoms with Gasteiger partial charge >= 0.3 is 0 Å². The Morgan fingerprint density at radius 1 is 1.35 bits per heavy atom. The van der Waals surface area contributed by atoms with Gasteiger partial charge in [-0.15, -0.1) is 11.3 Å². The van der Waals surface area contributed by atoms with E-state index in [-0.39, 0.29) is 4.21 Å². The summed E-state index contributed by atoms with van der Waals surface area (Å²) >= 11 is 6.79. The molecule has 8 heteroatoms. The standard InChI is InChI=1S/C12H10ClN3O2S2/c1-8-7-16-6-2-3-9(12(16)14-8)15-20(17,18)11-5-4-10(13)19-11/h2-7,15H,1H3. The van der Waals surface area contributed by atoms with Gasteiger partial charge < -0.3 is 4.40 Å². The number of halogens is 1. The highest BCUT2D eigenvalue weighted by Crippen LogP contribution is 2.28. The molecule has 104 valence electrons. The summed E-state index contributed by atoms with van der Waals surface area (Å²) in [5.74, 6) is 0. The summed E-state index contributed by atoms with van der Waals surface area (Å²) in [6.07, 6.45) is 3.64. The lowest BCUT2D eigenvalue weighted by Gasteiger charge is -2.07. The fourth-order valence-electron chi connectivity index (χ4n) is 1.85. The van der Waals surface area contributed by atoms with Gasteiger partial charge in [-0.2, -0.15) is 0 Å². The molecule has 0 saturated heterocycles. The number of rotatable bonds is 3. The Bertz CT molecular complexity index is 883. The van der Waals surface area contributed by atoms with Crippen molar-refractivity contribution in [2.45, 2.75) is 11.1 Å². The molecule has 3 rings (SSSR count). The third-order valence-corrected chi connectivity index (χ3v) is 5.75. The van der Waals surface area contributed by atoms with Gasteiger partial charge in [0.15, 0.2) is 5.65 Å². The zero-order chi connectivity index (χ0) is 14.3. The summed E-state index contributed by atoms with van der Waals surface area (Å²) in [7, 11) is -3.64. The number of aromatic nitrogens is 2. The third kappa shape index (κ3) is 2.39. The van der Waals surface area contributed by atoms with Crippen molar-refractivity contribution in [3.8, 4) is 0 Å². The van der Waals surface area contributed by atoms with Gasteiger partial charge in [0.1, 0.15) is 4.21 Å². The van der Waals surface area contributed by atoms with Gasteiger partial charge in [0, 0.05) is 12.4 Å². The molecule has 0 aliphatic rings. The Balaban J connectivity index is 2.05. The second-order valence-electron chi connectivity index (χ2n) is 4.20. The van der Waals surface area contributed by atoms with Crippen molar-refractivity contribution in [1.29, 1.82) is 0 Å². The molecule has 1 N–H and O–H groups in total. The molecule has 0 aliphatic carbocycles. The number of hydrogen-bond acceptors (Lipinski definition) is 4. The second kappa shape index (κ2) is 4.76. The average molecular weight is 328 g/mol. The smallest absolute Gasteiger partial charge is 0.271 e. The lowest BCUT2D eigenvalue weighted by atomic mass is 10.4. The lowest BCUT2D eigenvalue weighted by molar-refractivity contribution is 0.603. The second-order valence-corrected chi connectivity index (χ2v) is 7.82. The van der Waals surface area contributed by atoms with Crippen LogP contribution in [0, 0.1) is 6.92 Å². The number of sulfonamides is 1. The number of fused-ring (bicyclic) bond motifs is 1. The fraction of sp³-hybridized carbons (Fsp3) is 0.0833. The summed E-state index contributed by atoms with van der Waals surface area (Å²) in [6.45, 7) is 1.85. The number of thiophene rings is 1. The van der Waals surface area contributed by atoms with Crippen LogP contribution in [0.25, 0.3) is 5.65 Å². The molecule has 0 aromatic carbocycles. The van der Waals surface area contributed by atoms with Crippen molar-refractivity contribution in [3.63, 3.8) is 0 Å². The molecule has 5 nitrogen and oxygen atoms in total. The first-order valence-corrected chi connectivity index (χ1v) is 8.36. The maximum absolute atomic E-state index is 12.3. The van der Waals surface area contributed by atoms with Crippen LogP contribution in [-0.2, 0) is 10.0 Å². The number of pyridine rings is 1. The van der Waals surface area contributed by atoms with E-state index in [1.54, 1.807) is 22.6 Å². The monoisotopic (exact) mass is 327 g/mol. The molecule has 3 aromatic heterocycles. The molecule has 0 fully saturated rings. The Kier molecular flexibility index (Phi) is 3.19. The predicted octanol–water partition coefficient (Wildman–Crippen LogP) is 3.16. The average Bonchev–Trinajstić information content (AvgIpc) is 2.95. The van der Waals surface area contributed by atoms with E-state index >= 15 is 0 Å². The van der Waals surface area contributed by atoms with Crippen molar-refractivity contribution >= 4 is 44.3 Å². The van der Waals surface area contributed by atoms with Crippen molar-refractivity contribution in [2.24, 2.45) is 0 Å². The van der Waals surface area contributed by atoms with Crippen LogP contribution in [0.5, 0.6) is 0 Å². The molecule has 0 atom stereocenters. The topological polar surface area (TPSA) is 63.5 Å². The first-order valence-electron chi connectivity index (χ1n) is 5.68. The minimum atomic E-state index is -3.64. The fourth-order valence-corrected chi connectivity index (χ4v) is 4.40. The number of aryl methyl sites for hydroxylation is 1. The van der Waals surface area contributed by atoms with Crippen LogP contribution in [0.15, 0.2) is 40.9 Å². The summed E-state index contributed by atoms with van der Waals surface area (Å²) in [5, 5.41) is 0. The molecule has 0 aliphatic heterocycles. The highest BCUT2D eigenvalue weighted by atomic mass is 35.5. The van der Waals surface area contributed by atoms with E-state index in [1.165, 1.54) is 6.07 Å². The van der Waals surface area contributed by atoms with Gasteiger partial charge in [-0.05, 0) is 31.2 Å². The Hall–Kier alpha value is -1.57. The maximum atomic E-state index is 12.3. The van der Waals surface area contributed by atoms with Crippen LogP contribution < -0.4 is 4.72 Å². The number of hydrogen-bond donors (Lipinski definition) is 1. The molecule has 0 radical (unpaired) electrons. The molecule has 3 heterocycles. The van der Waals surface area contributed by atoms with E-state index in [2.05, 4.69) is 9.71 Å². The zero-order valence-corrected chi connectivity index (χ0v) is 12.8. The molecule has 0 amide bonds. The Morgan fingerprint density at radius 2 is 2.15 bits per heavy atom. The number of anilines is 1.